The molecule has 0 fully saturated rings. The first kappa shape index (κ1) is 13.4. The maximum absolute atomic E-state index is 6.67. The Morgan fingerprint density at radius 1 is 1.06 bits per heavy atom. The molecule has 0 aliphatic carbocycles. The van der Waals surface area contributed by atoms with Crippen LogP contribution in [-0.4, -0.2) is 0 Å². The molecule has 2 aromatic carbocycles. The Morgan fingerprint density at radius 3 is 2.39 bits per heavy atom. The molecule has 1 heteroatoms. The summed E-state index contributed by atoms with van der Waals surface area (Å²) in [5, 5.41) is 2.74. The van der Waals surface area contributed by atoms with Crippen molar-refractivity contribution >= 4 is 22.4 Å². The second-order valence-electron chi connectivity index (χ2n) is 5.18. The van der Waals surface area contributed by atoms with Crippen LogP contribution in [-0.2, 0) is 0 Å². The van der Waals surface area contributed by atoms with Crippen LogP contribution in [0.4, 0.5) is 0 Å². The van der Waals surface area contributed by atoms with Gasteiger partial charge in [-0.05, 0) is 41.2 Å². The van der Waals surface area contributed by atoms with Crippen LogP contribution in [0.3, 0.4) is 0 Å². The molecule has 0 amide bonds. The SMILES string of the molecule is CCCC(C)C(Cl)c1ccc(C)c2ccccc12. The van der Waals surface area contributed by atoms with Gasteiger partial charge < -0.3 is 0 Å². The van der Waals surface area contributed by atoms with Crippen molar-refractivity contribution in [3.05, 3.63) is 47.5 Å². The number of alkyl halides is 1. The van der Waals surface area contributed by atoms with Crippen molar-refractivity contribution in [3.8, 4) is 0 Å². The van der Waals surface area contributed by atoms with Crippen LogP contribution < -0.4 is 0 Å². The van der Waals surface area contributed by atoms with Crippen molar-refractivity contribution in [2.75, 3.05) is 0 Å². The maximum atomic E-state index is 6.67. The summed E-state index contributed by atoms with van der Waals surface area (Å²) in [6.07, 6.45) is 2.37. The summed E-state index contributed by atoms with van der Waals surface area (Å²) in [6.45, 7) is 6.62. The molecule has 2 rings (SSSR count). The first-order valence-corrected chi connectivity index (χ1v) is 7.21. The fraction of sp³-hybridized carbons (Fsp3) is 0.412. The molecule has 2 atom stereocenters. The molecule has 0 aliphatic rings. The van der Waals surface area contributed by atoms with Gasteiger partial charge in [-0.25, -0.2) is 0 Å². The quantitative estimate of drug-likeness (QED) is 0.604. The lowest BCUT2D eigenvalue weighted by atomic mass is 9.91. The zero-order valence-corrected chi connectivity index (χ0v) is 12.2. The number of fused-ring (bicyclic) bond motifs is 1. The van der Waals surface area contributed by atoms with E-state index < -0.39 is 0 Å². The molecule has 0 aliphatic heterocycles. The van der Waals surface area contributed by atoms with Crippen LogP contribution in [0.25, 0.3) is 10.8 Å². The van der Waals surface area contributed by atoms with Crippen molar-refractivity contribution in [2.45, 2.75) is 39.0 Å². The van der Waals surface area contributed by atoms with Gasteiger partial charge in [-0.15, -0.1) is 11.6 Å². The Morgan fingerprint density at radius 2 is 1.72 bits per heavy atom. The first-order chi connectivity index (χ1) is 8.65. The van der Waals surface area contributed by atoms with Crippen LogP contribution in [0.1, 0.15) is 43.2 Å². The van der Waals surface area contributed by atoms with Gasteiger partial charge in [0.25, 0.3) is 0 Å². The van der Waals surface area contributed by atoms with Crippen LogP contribution >= 0.6 is 11.6 Å². The molecule has 0 spiro atoms. The molecule has 96 valence electrons. The lowest BCUT2D eigenvalue weighted by molar-refractivity contribution is 0.509. The average Bonchev–Trinajstić information content (AvgIpc) is 2.39. The number of hydrogen-bond acceptors (Lipinski definition) is 0. The summed E-state index contributed by atoms with van der Waals surface area (Å²) in [4.78, 5) is 0. The Labute approximate surface area is 115 Å². The minimum absolute atomic E-state index is 0.107. The molecule has 2 aromatic rings. The number of aryl methyl sites for hydroxylation is 1. The van der Waals surface area contributed by atoms with Crippen molar-refractivity contribution in [3.63, 3.8) is 0 Å². The first-order valence-electron chi connectivity index (χ1n) is 6.77. The van der Waals surface area contributed by atoms with Gasteiger partial charge in [0, 0.05) is 0 Å². The molecular weight excluding hydrogens is 240 g/mol. The molecule has 18 heavy (non-hydrogen) atoms. The molecule has 0 saturated carbocycles. The predicted molar refractivity (Wildman–Crippen MR) is 81.4 cm³/mol. The van der Waals surface area contributed by atoms with Crippen molar-refractivity contribution in [1.82, 2.24) is 0 Å². The van der Waals surface area contributed by atoms with E-state index in [1.54, 1.807) is 0 Å². The normalized spacial score (nSPS) is 14.7. The van der Waals surface area contributed by atoms with Gasteiger partial charge in [0.2, 0.25) is 0 Å². The molecule has 0 radical (unpaired) electrons. The minimum atomic E-state index is 0.107. The standard InChI is InChI=1S/C17H21Cl/c1-4-7-13(3)17(18)16-11-10-12(2)14-8-5-6-9-15(14)16/h5-6,8-11,13,17H,4,7H2,1-3H3. The zero-order chi connectivity index (χ0) is 13.1. The third kappa shape index (κ3) is 2.54. The highest BCUT2D eigenvalue weighted by atomic mass is 35.5. The molecule has 0 heterocycles. The summed E-state index contributed by atoms with van der Waals surface area (Å²) in [5.41, 5.74) is 2.60. The van der Waals surface area contributed by atoms with E-state index in [4.69, 9.17) is 11.6 Å². The average molecular weight is 261 g/mol. The lowest BCUT2D eigenvalue weighted by Gasteiger charge is -2.20. The fourth-order valence-corrected chi connectivity index (χ4v) is 2.94. The molecule has 0 nitrogen and oxygen atoms in total. The molecular formula is C17H21Cl. The highest BCUT2D eigenvalue weighted by Gasteiger charge is 2.18. The summed E-state index contributed by atoms with van der Waals surface area (Å²) < 4.78 is 0. The van der Waals surface area contributed by atoms with Gasteiger partial charge in [-0.1, -0.05) is 56.7 Å². The van der Waals surface area contributed by atoms with Crippen molar-refractivity contribution in [1.29, 1.82) is 0 Å². The highest BCUT2D eigenvalue weighted by molar-refractivity contribution is 6.22. The highest BCUT2D eigenvalue weighted by Crippen LogP contribution is 2.36. The van der Waals surface area contributed by atoms with Crippen LogP contribution in [0, 0.1) is 12.8 Å². The van der Waals surface area contributed by atoms with Crippen molar-refractivity contribution < 1.29 is 0 Å². The fourth-order valence-electron chi connectivity index (χ4n) is 2.62. The summed E-state index contributed by atoms with van der Waals surface area (Å²) >= 11 is 6.67. The summed E-state index contributed by atoms with van der Waals surface area (Å²) in [5.74, 6) is 0.516. The lowest BCUT2D eigenvalue weighted by Crippen LogP contribution is -2.04. The van der Waals surface area contributed by atoms with E-state index in [0.29, 0.717) is 5.92 Å². The Bertz CT molecular complexity index is 530. The van der Waals surface area contributed by atoms with Crippen LogP contribution in [0.5, 0.6) is 0 Å². The van der Waals surface area contributed by atoms with Gasteiger partial charge in [0.05, 0.1) is 5.38 Å². The largest absolute Gasteiger partial charge is 0.118 e. The molecule has 2 unspecified atom stereocenters. The van der Waals surface area contributed by atoms with E-state index >= 15 is 0 Å². The van der Waals surface area contributed by atoms with E-state index in [-0.39, 0.29) is 5.38 Å². The van der Waals surface area contributed by atoms with Gasteiger partial charge in [0.15, 0.2) is 0 Å². The van der Waals surface area contributed by atoms with Gasteiger partial charge in [-0.2, -0.15) is 0 Å². The van der Waals surface area contributed by atoms with Gasteiger partial charge in [-0.3, -0.25) is 0 Å². The number of benzene rings is 2. The Balaban J connectivity index is 2.48. The number of halogens is 1. The van der Waals surface area contributed by atoms with Crippen molar-refractivity contribution in [2.24, 2.45) is 5.92 Å². The zero-order valence-electron chi connectivity index (χ0n) is 11.4. The Hall–Kier alpha value is -1.01. The number of hydrogen-bond donors (Lipinski definition) is 0. The third-order valence-corrected chi connectivity index (χ3v) is 4.38. The molecule has 0 N–H and O–H groups in total. The van der Waals surface area contributed by atoms with Crippen LogP contribution in [0.15, 0.2) is 36.4 Å². The van der Waals surface area contributed by atoms with E-state index in [0.717, 1.165) is 0 Å². The second-order valence-corrected chi connectivity index (χ2v) is 5.66. The monoisotopic (exact) mass is 260 g/mol. The van der Waals surface area contributed by atoms with E-state index in [1.165, 1.54) is 34.7 Å². The topological polar surface area (TPSA) is 0 Å². The predicted octanol–water partition coefficient (Wildman–Crippen LogP) is 5.86. The summed E-state index contributed by atoms with van der Waals surface area (Å²) in [7, 11) is 0. The third-order valence-electron chi connectivity index (χ3n) is 3.72. The summed E-state index contributed by atoms with van der Waals surface area (Å²) in [6, 6.07) is 12.9. The van der Waals surface area contributed by atoms with E-state index in [2.05, 4.69) is 57.2 Å². The minimum Gasteiger partial charge on any atom is -0.118 e. The molecule has 0 aromatic heterocycles. The van der Waals surface area contributed by atoms with Crippen LogP contribution in [0.2, 0.25) is 0 Å². The number of rotatable bonds is 4. The second kappa shape index (κ2) is 5.75. The van der Waals surface area contributed by atoms with Gasteiger partial charge in [0.1, 0.15) is 0 Å². The molecule has 0 saturated heterocycles. The maximum Gasteiger partial charge on any atom is 0.0616 e. The smallest absolute Gasteiger partial charge is 0.0616 e. The molecule has 0 bridgehead atoms. The van der Waals surface area contributed by atoms with E-state index in [9.17, 15) is 0 Å². The Kier molecular flexibility index (Phi) is 4.29. The van der Waals surface area contributed by atoms with Gasteiger partial charge >= 0.3 is 0 Å². The van der Waals surface area contributed by atoms with E-state index in [1.807, 2.05) is 0 Å².